The van der Waals surface area contributed by atoms with Crippen molar-refractivity contribution in [1.29, 1.82) is 0 Å². The number of nitrogens with two attached hydrogens (primary N) is 1. The van der Waals surface area contributed by atoms with E-state index in [0.717, 1.165) is 6.54 Å². The Morgan fingerprint density at radius 2 is 2.12 bits per heavy atom. The largest absolute Gasteiger partial charge is 0.377 e. The summed E-state index contributed by atoms with van der Waals surface area (Å²) in [4.78, 5) is 2.45. The number of nitrogens with zero attached hydrogens (tertiary/aromatic N) is 1. The van der Waals surface area contributed by atoms with E-state index in [1.54, 1.807) is 0 Å². The lowest BCUT2D eigenvalue weighted by atomic mass is 9.97. The topological polar surface area (TPSA) is 41.3 Å². The molecule has 0 unspecified atom stereocenters. The van der Waals surface area contributed by atoms with Gasteiger partial charge >= 0.3 is 0 Å². The summed E-state index contributed by atoms with van der Waals surface area (Å²) in [6.45, 7) is 10.6. The quantitative estimate of drug-likeness (QED) is 0.825. The van der Waals surface area contributed by atoms with E-state index >= 15 is 0 Å². The highest BCUT2D eigenvalue weighted by molar-refractivity contribution is 5.74. The molecular weight excluding hydrogens is 210 g/mol. The number of anilines is 2. The van der Waals surface area contributed by atoms with Crippen LogP contribution in [0.15, 0.2) is 18.2 Å². The Kier molecular flexibility index (Phi) is 3.04. The van der Waals surface area contributed by atoms with Gasteiger partial charge in [0.2, 0.25) is 0 Å². The molecule has 0 fully saturated rings. The predicted octanol–water partition coefficient (Wildman–Crippen LogP) is 2.56. The van der Waals surface area contributed by atoms with Gasteiger partial charge in [0, 0.05) is 24.7 Å². The minimum Gasteiger partial charge on any atom is -0.377 e. The molecule has 0 saturated heterocycles. The van der Waals surface area contributed by atoms with Crippen molar-refractivity contribution in [2.45, 2.75) is 45.8 Å². The monoisotopic (exact) mass is 233 g/mol. The molecule has 1 heterocycles. The Labute approximate surface area is 104 Å². The summed E-state index contributed by atoms with van der Waals surface area (Å²) in [6, 6.07) is 6.98. The summed E-state index contributed by atoms with van der Waals surface area (Å²) in [5.41, 5.74) is 9.48. The van der Waals surface area contributed by atoms with Gasteiger partial charge in [0.05, 0.1) is 11.4 Å². The van der Waals surface area contributed by atoms with Gasteiger partial charge < -0.3 is 16.0 Å². The third-order valence-electron chi connectivity index (χ3n) is 3.27. The molecule has 0 radical (unpaired) electrons. The van der Waals surface area contributed by atoms with Crippen LogP contribution in [0, 0.1) is 0 Å². The predicted molar refractivity (Wildman–Crippen MR) is 74.5 cm³/mol. The van der Waals surface area contributed by atoms with E-state index in [1.165, 1.54) is 16.9 Å². The Morgan fingerprint density at radius 3 is 2.71 bits per heavy atom. The van der Waals surface area contributed by atoms with Gasteiger partial charge in [-0.05, 0) is 45.4 Å². The first-order valence-electron chi connectivity index (χ1n) is 6.31. The van der Waals surface area contributed by atoms with E-state index in [2.05, 4.69) is 56.1 Å². The van der Waals surface area contributed by atoms with Gasteiger partial charge in [0.25, 0.3) is 0 Å². The molecule has 0 bridgehead atoms. The summed E-state index contributed by atoms with van der Waals surface area (Å²) in [7, 11) is 0. The average molecular weight is 233 g/mol. The summed E-state index contributed by atoms with van der Waals surface area (Å²) in [5, 5.41) is 3.60. The molecule has 94 valence electrons. The van der Waals surface area contributed by atoms with Crippen LogP contribution in [0.5, 0.6) is 0 Å². The molecule has 0 atom stereocenters. The smallest absolute Gasteiger partial charge is 0.0605 e. The first-order chi connectivity index (χ1) is 7.93. The first kappa shape index (κ1) is 12.2. The number of benzene rings is 1. The Hall–Kier alpha value is -1.22. The maximum absolute atomic E-state index is 5.70. The van der Waals surface area contributed by atoms with Crippen LogP contribution in [0.3, 0.4) is 0 Å². The number of hydrogen-bond donors (Lipinski definition) is 2. The highest BCUT2D eigenvalue weighted by Gasteiger charge is 2.30. The van der Waals surface area contributed by atoms with Gasteiger partial charge in [0.15, 0.2) is 0 Å². The first-order valence-corrected chi connectivity index (χ1v) is 6.31. The summed E-state index contributed by atoms with van der Waals surface area (Å²) in [6.07, 6.45) is 0. The number of nitrogens with one attached hydrogen (secondary N) is 1. The van der Waals surface area contributed by atoms with Gasteiger partial charge in [0.1, 0.15) is 0 Å². The third-order valence-corrected chi connectivity index (χ3v) is 3.27. The van der Waals surface area contributed by atoms with Gasteiger partial charge in [-0.3, -0.25) is 0 Å². The molecule has 0 amide bonds. The SMILES string of the molecule is CC(C)N1CC(C)(C)Nc2cc(CN)ccc21. The van der Waals surface area contributed by atoms with Crippen molar-refractivity contribution >= 4 is 11.4 Å². The minimum atomic E-state index is 0.102. The fourth-order valence-corrected chi connectivity index (χ4v) is 2.44. The molecule has 1 aromatic carbocycles. The maximum Gasteiger partial charge on any atom is 0.0605 e. The summed E-state index contributed by atoms with van der Waals surface area (Å²) >= 11 is 0. The van der Waals surface area contributed by atoms with Crippen LogP contribution in [-0.2, 0) is 6.54 Å². The number of rotatable bonds is 2. The molecule has 1 aliphatic rings. The van der Waals surface area contributed by atoms with Crippen LogP contribution in [0.25, 0.3) is 0 Å². The fourth-order valence-electron chi connectivity index (χ4n) is 2.44. The molecule has 0 aromatic heterocycles. The van der Waals surface area contributed by atoms with Crippen molar-refractivity contribution in [2.75, 3.05) is 16.8 Å². The van der Waals surface area contributed by atoms with Crippen LogP contribution in [0.4, 0.5) is 11.4 Å². The second-order valence-electron chi connectivity index (χ2n) is 5.79. The normalized spacial score (nSPS) is 17.9. The van der Waals surface area contributed by atoms with E-state index in [0.29, 0.717) is 12.6 Å². The van der Waals surface area contributed by atoms with Crippen molar-refractivity contribution in [1.82, 2.24) is 0 Å². The van der Waals surface area contributed by atoms with Gasteiger partial charge in [-0.1, -0.05) is 6.07 Å². The Bertz CT molecular complexity index is 410. The van der Waals surface area contributed by atoms with E-state index < -0.39 is 0 Å². The highest BCUT2D eigenvalue weighted by Crippen LogP contribution is 2.36. The number of fused-ring (bicyclic) bond motifs is 1. The van der Waals surface area contributed by atoms with Gasteiger partial charge in [-0.25, -0.2) is 0 Å². The molecule has 3 nitrogen and oxygen atoms in total. The fraction of sp³-hybridized carbons (Fsp3) is 0.571. The molecule has 0 aliphatic carbocycles. The van der Waals surface area contributed by atoms with E-state index in [1.807, 2.05) is 0 Å². The Morgan fingerprint density at radius 1 is 1.41 bits per heavy atom. The van der Waals surface area contributed by atoms with Crippen LogP contribution >= 0.6 is 0 Å². The van der Waals surface area contributed by atoms with Crippen LogP contribution < -0.4 is 16.0 Å². The zero-order valence-corrected chi connectivity index (χ0v) is 11.2. The molecule has 1 aliphatic heterocycles. The lowest BCUT2D eigenvalue weighted by Gasteiger charge is -2.44. The highest BCUT2D eigenvalue weighted by atomic mass is 15.2. The molecule has 3 heteroatoms. The summed E-state index contributed by atoms with van der Waals surface area (Å²) in [5.74, 6) is 0. The summed E-state index contributed by atoms with van der Waals surface area (Å²) < 4.78 is 0. The molecule has 0 spiro atoms. The molecule has 3 N–H and O–H groups in total. The second-order valence-corrected chi connectivity index (χ2v) is 5.79. The van der Waals surface area contributed by atoms with Crippen molar-refractivity contribution in [3.8, 4) is 0 Å². The molecule has 1 aromatic rings. The van der Waals surface area contributed by atoms with Crippen molar-refractivity contribution in [3.63, 3.8) is 0 Å². The van der Waals surface area contributed by atoms with Gasteiger partial charge in [-0.2, -0.15) is 0 Å². The average Bonchev–Trinajstić information content (AvgIpc) is 2.25. The van der Waals surface area contributed by atoms with E-state index in [9.17, 15) is 0 Å². The lowest BCUT2D eigenvalue weighted by molar-refractivity contribution is 0.506. The third kappa shape index (κ3) is 2.39. The number of hydrogen-bond acceptors (Lipinski definition) is 3. The molecular formula is C14H23N3. The van der Waals surface area contributed by atoms with Crippen LogP contribution in [0.1, 0.15) is 33.3 Å². The molecule has 2 rings (SSSR count). The molecule has 0 saturated carbocycles. The van der Waals surface area contributed by atoms with Crippen LogP contribution in [0.2, 0.25) is 0 Å². The van der Waals surface area contributed by atoms with E-state index in [-0.39, 0.29) is 5.54 Å². The van der Waals surface area contributed by atoms with Crippen LogP contribution in [-0.4, -0.2) is 18.1 Å². The van der Waals surface area contributed by atoms with E-state index in [4.69, 9.17) is 5.73 Å². The molecule has 17 heavy (non-hydrogen) atoms. The zero-order valence-electron chi connectivity index (χ0n) is 11.2. The lowest BCUT2D eigenvalue weighted by Crippen LogP contribution is -2.50. The van der Waals surface area contributed by atoms with Crippen molar-refractivity contribution in [3.05, 3.63) is 23.8 Å². The Balaban J connectivity index is 2.44. The van der Waals surface area contributed by atoms with Crippen molar-refractivity contribution < 1.29 is 0 Å². The minimum absolute atomic E-state index is 0.102. The zero-order chi connectivity index (χ0) is 12.6. The van der Waals surface area contributed by atoms with Crippen molar-refractivity contribution in [2.24, 2.45) is 5.73 Å². The maximum atomic E-state index is 5.70. The second kappa shape index (κ2) is 4.22. The standard InChI is InChI=1S/C14H23N3/c1-10(2)17-9-14(3,4)16-12-7-11(8-15)5-6-13(12)17/h5-7,10,16H,8-9,15H2,1-4H3. The van der Waals surface area contributed by atoms with Gasteiger partial charge in [-0.15, -0.1) is 0 Å².